The summed E-state index contributed by atoms with van der Waals surface area (Å²) in [5.41, 5.74) is 8.36. The Hall–Kier alpha value is -0.790. The molecule has 33 heavy (non-hydrogen) atoms. The van der Waals surface area contributed by atoms with Gasteiger partial charge in [0.15, 0.2) is 0 Å². The zero-order valence-electron chi connectivity index (χ0n) is 21.1. The molecule has 0 amide bonds. The molecule has 0 N–H and O–H groups in total. The summed E-state index contributed by atoms with van der Waals surface area (Å²) in [7, 11) is 0. The second-order valence-electron chi connectivity index (χ2n) is 7.58. The van der Waals surface area contributed by atoms with Gasteiger partial charge >= 0.3 is 30.2 Å². The van der Waals surface area contributed by atoms with Crippen molar-refractivity contribution in [1.29, 1.82) is 0 Å². The van der Waals surface area contributed by atoms with Crippen LogP contribution in [0.15, 0.2) is 77.4 Å². The number of benzene rings is 2. The van der Waals surface area contributed by atoms with E-state index in [0.29, 0.717) is 5.92 Å². The molecule has 0 bridgehead atoms. The third kappa shape index (κ3) is 9.77. The molecule has 0 heterocycles. The Morgan fingerprint density at radius 1 is 0.970 bits per heavy atom. The molecule has 2 radical (unpaired) electrons. The molecule has 1 aliphatic rings. The number of fused-ring (bicyclic) bond motifs is 1. The molecule has 0 saturated carbocycles. The second kappa shape index (κ2) is 18.5. The summed E-state index contributed by atoms with van der Waals surface area (Å²) in [6.07, 6.45) is 5.72. The first-order chi connectivity index (χ1) is 14.0. The fourth-order valence-electron chi connectivity index (χ4n) is 3.75. The number of rotatable bonds is 3. The van der Waals surface area contributed by atoms with Gasteiger partial charge < -0.3 is 14.9 Å². The molecule has 1 unspecified atom stereocenters. The van der Waals surface area contributed by atoms with Gasteiger partial charge in [-0.1, -0.05) is 75.9 Å². The minimum atomic E-state index is 0. The molecule has 1 aliphatic carbocycles. The fraction of sp³-hybridized carbons (Fsp3) is 0.276. The van der Waals surface area contributed by atoms with Gasteiger partial charge in [-0.15, -0.1) is 78.4 Å². The van der Waals surface area contributed by atoms with Crippen molar-refractivity contribution in [2.24, 2.45) is 5.92 Å². The molecule has 0 nitrogen and oxygen atoms in total. The third-order valence-corrected chi connectivity index (χ3v) is 5.69. The van der Waals surface area contributed by atoms with E-state index in [1.807, 2.05) is 0 Å². The summed E-state index contributed by atoms with van der Waals surface area (Å²) in [5.74, 6) is 0.560. The standard InChI is InChI=1S/C18H17.C9H13.2CH3.2ClH.Si.Zr/c1-2-6-14-7-5-9-16(13-14)18-12-11-15-8-3-4-10-17(15)18;1-6-5-7(2)9(4)8(6)3;;;;;;/h3-5,7-13H,2,6H2,1H3;6H,1-4H3;2*1H3;2*1H;;/q4*-1;;;;. The first kappa shape index (κ1) is 36.8. The van der Waals surface area contributed by atoms with Gasteiger partial charge in [-0.05, 0) is 12.0 Å². The molecule has 3 aromatic carbocycles. The molecule has 3 aromatic rings. The maximum atomic E-state index is 3.36. The van der Waals surface area contributed by atoms with Crippen LogP contribution >= 0.6 is 24.8 Å². The van der Waals surface area contributed by atoms with Crippen LogP contribution in [0.3, 0.4) is 0 Å². The molecule has 0 aliphatic heterocycles. The molecule has 4 heteroatoms. The summed E-state index contributed by atoms with van der Waals surface area (Å²) in [6.45, 7) is 14.0. The van der Waals surface area contributed by atoms with Crippen LogP contribution in [0.1, 0.15) is 46.6 Å². The van der Waals surface area contributed by atoms with Gasteiger partial charge in [-0.25, -0.2) is 5.57 Å². The predicted molar refractivity (Wildman–Crippen MR) is 152 cm³/mol. The number of halogens is 2. The Bertz CT molecular complexity index is 1020. The molecule has 0 spiro atoms. The van der Waals surface area contributed by atoms with Crippen molar-refractivity contribution in [2.75, 3.05) is 0 Å². The van der Waals surface area contributed by atoms with Crippen molar-refractivity contribution < 1.29 is 23.3 Å². The van der Waals surface area contributed by atoms with Crippen LogP contribution in [-0.4, -0.2) is 6.88 Å². The molecule has 4 rings (SSSR count). The van der Waals surface area contributed by atoms with Gasteiger partial charge in [0.1, 0.15) is 0 Å². The van der Waals surface area contributed by atoms with Crippen molar-refractivity contribution in [3.05, 3.63) is 104 Å². The van der Waals surface area contributed by atoms with E-state index in [4.69, 9.17) is 0 Å². The van der Waals surface area contributed by atoms with Gasteiger partial charge in [0, 0.05) is 0 Å². The van der Waals surface area contributed by atoms with Crippen molar-refractivity contribution in [3.63, 3.8) is 0 Å². The SMILES string of the molecule is CC1=[C-]C(C)C(C)=C1C.CCCc1cccc(-c2c[cH-]c3ccccc23)c1.Cl.Cl.[CH3-].[CH3-].[Si]=[Zr]. The van der Waals surface area contributed by atoms with Crippen LogP contribution in [0.2, 0.25) is 0 Å². The quantitative estimate of drug-likeness (QED) is 0.215. The van der Waals surface area contributed by atoms with Crippen LogP contribution in [0, 0.1) is 26.8 Å². The van der Waals surface area contributed by atoms with Crippen molar-refractivity contribution >= 4 is 42.5 Å². The maximum absolute atomic E-state index is 3.36. The molecule has 1 atom stereocenters. The van der Waals surface area contributed by atoms with Crippen molar-refractivity contribution in [1.82, 2.24) is 0 Å². The van der Waals surface area contributed by atoms with E-state index in [0.717, 1.165) is 6.42 Å². The Morgan fingerprint density at radius 3 is 2.12 bits per heavy atom. The van der Waals surface area contributed by atoms with Crippen LogP contribution in [-0.2, 0) is 29.8 Å². The summed E-state index contributed by atoms with van der Waals surface area (Å²) in [4.78, 5) is 0. The van der Waals surface area contributed by atoms with Crippen LogP contribution in [0.5, 0.6) is 0 Å². The van der Waals surface area contributed by atoms with E-state index in [1.165, 1.54) is 73.9 Å². The van der Waals surface area contributed by atoms with Crippen molar-refractivity contribution in [3.8, 4) is 11.1 Å². The first-order valence-corrected chi connectivity index (χ1v) is 14.5. The van der Waals surface area contributed by atoms with Gasteiger partial charge in [-0.2, -0.15) is 11.1 Å². The molecule has 0 fully saturated rings. The zero-order valence-corrected chi connectivity index (χ0v) is 26.2. The van der Waals surface area contributed by atoms with Gasteiger partial charge in [0.25, 0.3) is 0 Å². The first-order valence-electron chi connectivity index (χ1n) is 10.3. The van der Waals surface area contributed by atoms with E-state index in [9.17, 15) is 0 Å². The predicted octanol–water partition coefficient (Wildman–Crippen LogP) is 9.26. The fourth-order valence-corrected chi connectivity index (χ4v) is 3.75. The monoisotopic (exact) mass is 574 g/mol. The van der Waals surface area contributed by atoms with Crippen LogP contribution in [0.4, 0.5) is 0 Å². The normalized spacial score (nSPS) is 13.5. The molecule has 0 aromatic heterocycles. The van der Waals surface area contributed by atoms with Gasteiger partial charge in [-0.3, -0.25) is 6.08 Å². The Balaban J connectivity index is -0.000000522. The number of aryl methyl sites for hydroxylation is 1. The molecule has 0 saturated heterocycles. The Labute approximate surface area is 232 Å². The Kier molecular flexibility index (Phi) is 20.6. The van der Waals surface area contributed by atoms with Crippen LogP contribution in [0.25, 0.3) is 21.9 Å². The van der Waals surface area contributed by atoms with Gasteiger partial charge in [0.2, 0.25) is 0 Å². The number of allylic oxidation sites excluding steroid dienone is 4. The second-order valence-corrected chi connectivity index (χ2v) is 7.58. The van der Waals surface area contributed by atoms with E-state index < -0.39 is 0 Å². The third-order valence-electron chi connectivity index (χ3n) is 5.69. The van der Waals surface area contributed by atoms with Crippen molar-refractivity contribution in [2.45, 2.75) is 47.5 Å². The summed E-state index contributed by atoms with van der Waals surface area (Å²) >= 11 is 1.36. The van der Waals surface area contributed by atoms with E-state index in [-0.39, 0.29) is 39.7 Å². The summed E-state index contributed by atoms with van der Waals surface area (Å²) < 4.78 is 0. The summed E-state index contributed by atoms with van der Waals surface area (Å²) in [6, 6.07) is 22.0. The van der Waals surface area contributed by atoms with Gasteiger partial charge in [0.05, 0.1) is 0 Å². The van der Waals surface area contributed by atoms with E-state index in [2.05, 4.69) is 108 Å². The van der Waals surface area contributed by atoms with Crippen LogP contribution < -0.4 is 0 Å². The molecular formula is C29H38Cl2SiZr-4. The number of hydrogen-bond donors (Lipinski definition) is 0. The zero-order chi connectivity index (χ0) is 21.4. The van der Waals surface area contributed by atoms with E-state index in [1.54, 1.807) is 0 Å². The topological polar surface area (TPSA) is 0 Å². The molecular weight excluding hydrogens is 539 g/mol. The Morgan fingerprint density at radius 2 is 1.61 bits per heavy atom. The minimum absolute atomic E-state index is 0. The molecule has 180 valence electrons. The van der Waals surface area contributed by atoms with E-state index >= 15 is 0 Å². The number of hydrogen-bond acceptors (Lipinski definition) is 0. The average molecular weight is 577 g/mol. The summed E-state index contributed by atoms with van der Waals surface area (Å²) in [5, 5.41) is 2.68. The average Bonchev–Trinajstić information content (AvgIpc) is 3.27.